The van der Waals surface area contributed by atoms with E-state index in [0.29, 0.717) is 36.3 Å². The summed E-state index contributed by atoms with van der Waals surface area (Å²) in [6.07, 6.45) is 3.52. The minimum absolute atomic E-state index is 0.0400. The van der Waals surface area contributed by atoms with Crippen LogP contribution >= 0.6 is 11.6 Å². The van der Waals surface area contributed by atoms with Gasteiger partial charge in [-0.2, -0.15) is 0 Å². The number of benzene rings is 2. The second-order valence-corrected chi connectivity index (χ2v) is 7.64. The molecule has 0 spiro atoms. The molecule has 5 nitrogen and oxygen atoms in total. The number of nitrogens with one attached hydrogen (secondary N) is 1. The van der Waals surface area contributed by atoms with Crippen molar-refractivity contribution in [3.05, 3.63) is 52.5 Å². The van der Waals surface area contributed by atoms with Gasteiger partial charge in [0.05, 0.1) is 24.7 Å². The van der Waals surface area contributed by atoms with Crippen molar-refractivity contribution in [1.29, 1.82) is 0 Å². The second-order valence-electron chi connectivity index (χ2n) is 7.23. The average molecular weight is 401 g/mol. The highest BCUT2D eigenvalue weighted by Gasteiger charge is 2.18. The fourth-order valence-corrected chi connectivity index (χ4v) is 4.04. The van der Waals surface area contributed by atoms with E-state index < -0.39 is 0 Å². The van der Waals surface area contributed by atoms with Crippen LogP contribution in [-0.4, -0.2) is 32.2 Å². The Balaban J connectivity index is 1.40. The molecule has 2 aliphatic rings. The molecule has 6 heteroatoms. The van der Waals surface area contributed by atoms with Crippen molar-refractivity contribution >= 4 is 23.2 Å². The number of anilines is 1. The number of carbonyl (C=O) groups is 1. The van der Waals surface area contributed by atoms with Crippen LogP contribution in [0.1, 0.15) is 30.4 Å². The van der Waals surface area contributed by atoms with Gasteiger partial charge in [0.25, 0.3) is 0 Å². The van der Waals surface area contributed by atoms with Crippen LogP contribution in [0.2, 0.25) is 5.02 Å². The van der Waals surface area contributed by atoms with Gasteiger partial charge in [0.15, 0.2) is 11.5 Å². The van der Waals surface area contributed by atoms with E-state index in [9.17, 15) is 4.79 Å². The summed E-state index contributed by atoms with van der Waals surface area (Å²) in [5.74, 6) is 1.15. The van der Waals surface area contributed by atoms with Crippen molar-refractivity contribution in [3.8, 4) is 11.5 Å². The van der Waals surface area contributed by atoms with Crippen LogP contribution in [-0.2, 0) is 17.8 Å². The molecule has 0 atom stereocenters. The molecule has 148 valence electrons. The van der Waals surface area contributed by atoms with Crippen LogP contribution in [0.5, 0.6) is 11.5 Å². The first-order valence-electron chi connectivity index (χ1n) is 9.88. The third-order valence-electron chi connectivity index (χ3n) is 5.14. The average Bonchev–Trinajstić information content (AvgIpc) is 3.12. The highest BCUT2D eigenvalue weighted by molar-refractivity contribution is 6.32. The zero-order valence-electron chi connectivity index (χ0n) is 15.9. The Hall–Kier alpha value is -2.40. The van der Waals surface area contributed by atoms with Crippen molar-refractivity contribution in [2.45, 2.75) is 32.2 Å². The molecule has 0 bridgehead atoms. The number of rotatable bonds is 5. The molecular formula is C22H25ClN2O3. The summed E-state index contributed by atoms with van der Waals surface area (Å²) in [6, 6.07) is 11.9. The van der Waals surface area contributed by atoms with E-state index in [0.717, 1.165) is 30.6 Å². The minimum atomic E-state index is -0.0400. The van der Waals surface area contributed by atoms with Gasteiger partial charge < -0.3 is 19.7 Å². The lowest BCUT2D eigenvalue weighted by Gasteiger charge is -2.21. The summed E-state index contributed by atoms with van der Waals surface area (Å²) in [5.41, 5.74) is 3.19. The van der Waals surface area contributed by atoms with Gasteiger partial charge in [-0.25, -0.2) is 0 Å². The number of halogens is 1. The molecule has 2 aromatic carbocycles. The highest BCUT2D eigenvalue weighted by Crippen LogP contribution is 2.38. The number of carbonyl (C=O) groups excluding carboxylic acids is 1. The van der Waals surface area contributed by atoms with E-state index in [-0.39, 0.29) is 12.3 Å². The van der Waals surface area contributed by atoms with E-state index >= 15 is 0 Å². The summed E-state index contributed by atoms with van der Waals surface area (Å²) in [4.78, 5) is 14.9. The fraction of sp³-hybridized carbons (Fsp3) is 0.409. The first-order chi connectivity index (χ1) is 13.7. The predicted molar refractivity (Wildman–Crippen MR) is 110 cm³/mol. The minimum Gasteiger partial charge on any atom is -0.489 e. The van der Waals surface area contributed by atoms with Gasteiger partial charge in [0.1, 0.15) is 0 Å². The zero-order valence-corrected chi connectivity index (χ0v) is 16.6. The van der Waals surface area contributed by atoms with Gasteiger partial charge in [-0.3, -0.25) is 4.79 Å². The fourth-order valence-electron chi connectivity index (χ4n) is 3.75. The quantitative estimate of drug-likeness (QED) is 0.825. The Morgan fingerprint density at radius 1 is 1.07 bits per heavy atom. The van der Waals surface area contributed by atoms with Gasteiger partial charge >= 0.3 is 0 Å². The molecule has 28 heavy (non-hydrogen) atoms. The summed E-state index contributed by atoms with van der Waals surface area (Å²) >= 11 is 6.33. The van der Waals surface area contributed by atoms with Crippen LogP contribution in [0.4, 0.5) is 5.69 Å². The number of nitrogens with zero attached hydrogens (tertiary/aromatic N) is 1. The third kappa shape index (κ3) is 4.36. The number of ether oxygens (including phenoxy) is 2. The van der Waals surface area contributed by atoms with Crippen molar-refractivity contribution in [2.24, 2.45) is 0 Å². The molecule has 2 aromatic rings. The SMILES string of the molecule is O=C(Cc1cc(Cl)c2c(c1)OCCCO2)NCc1ccccc1N1CCCC1. The molecule has 1 amide bonds. The van der Waals surface area contributed by atoms with Crippen LogP contribution in [0.3, 0.4) is 0 Å². The summed E-state index contributed by atoms with van der Waals surface area (Å²) in [5, 5.41) is 3.53. The standard InChI is InChI=1S/C22H25ClN2O3/c23-18-12-16(13-20-22(18)28-11-5-10-27-20)14-21(26)24-15-17-6-1-2-7-19(17)25-8-3-4-9-25/h1-2,6-7,12-13H,3-5,8-11,14-15H2,(H,24,26). The number of fused-ring (bicyclic) bond motifs is 1. The van der Waals surface area contributed by atoms with E-state index in [4.69, 9.17) is 21.1 Å². The normalized spacial score (nSPS) is 16.0. The lowest BCUT2D eigenvalue weighted by atomic mass is 10.1. The van der Waals surface area contributed by atoms with Crippen molar-refractivity contribution < 1.29 is 14.3 Å². The molecule has 0 saturated carbocycles. The summed E-state index contributed by atoms with van der Waals surface area (Å²) < 4.78 is 11.4. The molecule has 0 aromatic heterocycles. The molecular weight excluding hydrogens is 376 g/mol. The van der Waals surface area contributed by atoms with Gasteiger partial charge in [0.2, 0.25) is 5.91 Å². The van der Waals surface area contributed by atoms with Gasteiger partial charge in [-0.15, -0.1) is 0 Å². The number of hydrogen-bond acceptors (Lipinski definition) is 4. The largest absolute Gasteiger partial charge is 0.489 e. The lowest BCUT2D eigenvalue weighted by Crippen LogP contribution is -2.26. The first-order valence-corrected chi connectivity index (χ1v) is 10.3. The highest BCUT2D eigenvalue weighted by atomic mass is 35.5. The summed E-state index contributed by atoms with van der Waals surface area (Å²) in [6.45, 7) is 3.86. The van der Waals surface area contributed by atoms with E-state index in [2.05, 4.69) is 28.4 Å². The molecule has 1 saturated heterocycles. The third-order valence-corrected chi connectivity index (χ3v) is 5.42. The molecule has 0 aliphatic carbocycles. The van der Waals surface area contributed by atoms with E-state index in [1.165, 1.54) is 18.5 Å². The maximum absolute atomic E-state index is 12.5. The van der Waals surface area contributed by atoms with Crippen LogP contribution in [0, 0.1) is 0 Å². The monoisotopic (exact) mass is 400 g/mol. The summed E-state index contributed by atoms with van der Waals surface area (Å²) in [7, 11) is 0. The Morgan fingerprint density at radius 2 is 1.86 bits per heavy atom. The Labute approximate surface area is 170 Å². The zero-order chi connectivity index (χ0) is 19.3. The van der Waals surface area contributed by atoms with E-state index in [1.54, 1.807) is 6.07 Å². The Morgan fingerprint density at radius 3 is 2.71 bits per heavy atom. The van der Waals surface area contributed by atoms with E-state index in [1.807, 2.05) is 12.1 Å². The number of hydrogen-bond donors (Lipinski definition) is 1. The van der Waals surface area contributed by atoms with Crippen LogP contribution < -0.4 is 19.7 Å². The number of para-hydroxylation sites is 1. The first kappa shape index (κ1) is 18.9. The number of amides is 1. The second kappa shape index (κ2) is 8.74. The molecule has 2 heterocycles. The van der Waals surface area contributed by atoms with Gasteiger partial charge in [-0.1, -0.05) is 29.8 Å². The van der Waals surface area contributed by atoms with Crippen molar-refractivity contribution in [2.75, 3.05) is 31.2 Å². The molecule has 0 unspecified atom stereocenters. The Bertz CT molecular complexity index is 850. The van der Waals surface area contributed by atoms with Crippen LogP contribution in [0.25, 0.3) is 0 Å². The maximum Gasteiger partial charge on any atom is 0.224 e. The molecule has 1 fully saturated rings. The molecule has 2 aliphatic heterocycles. The molecule has 0 radical (unpaired) electrons. The van der Waals surface area contributed by atoms with Gasteiger partial charge in [0, 0.05) is 31.7 Å². The lowest BCUT2D eigenvalue weighted by molar-refractivity contribution is -0.120. The smallest absolute Gasteiger partial charge is 0.224 e. The van der Waals surface area contributed by atoms with Gasteiger partial charge in [-0.05, 0) is 42.2 Å². The topological polar surface area (TPSA) is 50.8 Å². The van der Waals surface area contributed by atoms with Crippen LogP contribution in [0.15, 0.2) is 36.4 Å². The molecule has 1 N–H and O–H groups in total. The Kier molecular flexibility index (Phi) is 5.91. The molecule has 4 rings (SSSR count). The predicted octanol–water partition coefficient (Wildman–Crippen LogP) is 3.96. The van der Waals surface area contributed by atoms with Crippen molar-refractivity contribution in [3.63, 3.8) is 0 Å². The maximum atomic E-state index is 12.5. The van der Waals surface area contributed by atoms with Crippen molar-refractivity contribution in [1.82, 2.24) is 5.32 Å².